The number of nitrogens with one attached hydrogen (secondary N) is 1. The highest BCUT2D eigenvalue weighted by molar-refractivity contribution is 9.10. The van der Waals surface area contributed by atoms with E-state index in [9.17, 15) is 4.79 Å². The van der Waals surface area contributed by atoms with Gasteiger partial charge in [-0.3, -0.25) is 4.79 Å². The molecule has 0 heterocycles. The number of carboxylic acid groups (broad SMARTS) is 1. The molecular weight excluding hydrogens is 294 g/mol. The molecule has 0 aliphatic carbocycles. The van der Waals surface area contributed by atoms with E-state index in [1.54, 1.807) is 0 Å². The molecule has 1 atom stereocenters. The van der Waals surface area contributed by atoms with E-state index in [0.717, 1.165) is 10.0 Å². The summed E-state index contributed by atoms with van der Waals surface area (Å²) in [6, 6.07) is 8.02. The van der Waals surface area contributed by atoms with Crippen molar-refractivity contribution in [2.75, 3.05) is 6.54 Å². The number of carboxylic acids is 1. The first-order valence-corrected chi connectivity index (χ1v) is 6.96. The molecule has 0 aliphatic heterocycles. The second kappa shape index (κ2) is 7.54. The molecule has 0 saturated carbocycles. The van der Waals surface area contributed by atoms with Crippen LogP contribution in [0.4, 0.5) is 0 Å². The van der Waals surface area contributed by atoms with Gasteiger partial charge in [-0.15, -0.1) is 0 Å². The van der Waals surface area contributed by atoms with Crippen LogP contribution in [-0.4, -0.2) is 17.6 Å². The molecule has 0 amide bonds. The maximum atomic E-state index is 11.1. The third-order valence-electron chi connectivity index (χ3n) is 2.74. The van der Waals surface area contributed by atoms with E-state index < -0.39 is 5.97 Å². The minimum Gasteiger partial charge on any atom is -0.481 e. The van der Waals surface area contributed by atoms with Gasteiger partial charge in [0.15, 0.2) is 0 Å². The summed E-state index contributed by atoms with van der Waals surface area (Å²) < 4.78 is 1.05. The molecule has 0 fully saturated rings. The molecule has 4 heteroatoms. The average Bonchev–Trinajstić information content (AvgIpc) is 2.29. The molecule has 1 rings (SSSR count). The molecule has 0 bridgehead atoms. The summed E-state index contributed by atoms with van der Waals surface area (Å²) in [4.78, 5) is 11.1. The first kappa shape index (κ1) is 15.2. The van der Waals surface area contributed by atoms with E-state index in [1.807, 2.05) is 38.1 Å². The summed E-state index contributed by atoms with van der Waals surface area (Å²) >= 11 is 3.38. The number of benzene rings is 1. The monoisotopic (exact) mass is 313 g/mol. The molecule has 0 aromatic heterocycles. The first-order valence-electron chi connectivity index (χ1n) is 6.17. The van der Waals surface area contributed by atoms with Gasteiger partial charge >= 0.3 is 5.97 Å². The lowest BCUT2D eigenvalue weighted by Gasteiger charge is -2.15. The van der Waals surface area contributed by atoms with Gasteiger partial charge in [0.05, 0.1) is 5.92 Å². The van der Waals surface area contributed by atoms with Gasteiger partial charge in [0, 0.05) is 17.6 Å². The normalized spacial score (nSPS) is 12.7. The molecule has 1 unspecified atom stereocenters. The zero-order valence-corrected chi connectivity index (χ0v) is 12.4. The second-order valence-electron chi connectivity index (χ2n) is 4.92. The van der Waals surface area contributed by atoms with Crippen molar-refractivity contribution < 1.29 is 9.90 Å². The maximum Gasteiger partial charge on any atom is 0.307 e. The fourth-order valence-electron chi connectivity index (χ4n) is 1.83. The highest BCUT2D eigenvalue weighted by Gasteiger charge is 2.18. The highest BCUT2D eigenvalue weighted by atomic mass is 79.9. The van der Waals surface area contributed by atoms with E-state index in [1.165, 1.54) is 0 Å². The van der Waals surface area contributed by atoms with Gasteiger partial charge in [0.2, 0.25) is 0 Å². The number of hydrogen-bond acceptors (Lipinski definition) is 2. The number of rotatable bonds is 7. The molecule has 0 spiro atoms. The SMILES string of the molecule is CC(C)CC(CNCc1ccc(Br)cc1)C(=O)O. The third kappa shape index (κ3) is 5.65. The second-order valence-corrected chi connectivity index (χ2v) is 5.84. The Bertz CT molecular complexity index is 376. The van der Waals surface area contributed by atoms with Gasteiger partial charge < -0.3 is 10.4 Å². The Morgan fingerprint density at radius 2 is 1.94 bits per heavy atom. The third-order valence-corrected chi connectivity index (χ3v) is 3.27. The van der Waals surface area contributed by atoms with Gasteiger partial charge in [0.25, 0.3) is 0 Å². The minimum absolute atomic E-state index is 0.305. The Labute approximate surface area is 117 Å². The van der Waals surface area contributed by atoms with Crippen molar-refractivity contribution in [1.82, 2.24) is 5.32 Å². The topological polar surface area (TPSA) is 49.3 Å². The molecule has 1 aromatic carbocycles. The lowest BCUT2D eigenvalue weighted by molar-refractivity contribution is -0.142. The first-order chi connectivity index (χ1) is 8.49. The summed E-state index contributed by atoms with van der Waals surface area (Å²) in [6.45, 7) is 5.31. The summed E-state index contributed by atoms with van der Waals surface area (Å²) in [5.41, 5.74) is 1.16. The van der Waals surface area contributed by atoms with Crippen LogP contribution in [0.15, 0.2) is 28.7 Å². The van der Waals surface area contributed by atoms with Crippen LogP contribution in [0.1, 0.15) is 25.8 Å². The molecule has 1 aromatic rings. The van der Waals surface area contributed by atoms with Crippen LogP contribution in [-0.2, 0) is 11.3 Å². The van der Waals surface area contributed by atoms with Gasteiger partial charge in [0.1, 0.15) is 0 Å². The van der Waals surface area contributed by atoms with Crippen molar-refractivity contribution in [2.45, 2.75) is 26.8 Å². The minimum atomic E-state index is -0.716. The Hall–Kier alpha value is -0.870. The molecule has 0 saturated heterocycles. The fraction of sp³-hybridized carbons (Fsp3) is 0.500. The standard InChI is InChI=1S/C14H20BrNO2/c1-10(2)7-12(14(17)18)9-16-8-11-3-5-13(15)6-4-11/h3-6,10,12,16H,7-9H2,1-2H3,(H,17,18). The number of halogens is 1. The fourth-order valence-corrected chi connectivity index (χ4v) is 2.10. The van der Waals surface area contributed by atoms with Crippen LogP contribution in [0.25, 0.3) is 0 Å². The van der Waals surface area contributed by atoms with E-state index >= 15 is 0 Å². The van der Waals surface area contributed by atoms with Crippen LogP contribution in [0.5, 0.6) is 0 Å². The highest BCUT2D eigenvalue weighted by Crippen LogP contribution is 2.12. The molecule has 3 nitrogen and oxygen atoms in total. The van der Waals surface area contributed by atoms with Crippen molar-refractivity contribution in [3.05, 3.63) is 34.3 Å². The Morgan fingerprint density at radius 3 is 2.44 bits per heavy atom. The van der Waals surface area contributed by atoms with Crippen molar-refractivity contribution >= 4 is 21.9 Å². The van der Waals surface area contributed by atoms with Crippen LogP contribution >= 0.6 is 15.9 Å². The molecule has 18 heavy (non-hydrogen) atoms. The Balaban J connectivity index is 2.38. The largest absolute Gasteiger partial charge is 0.481 e. The predicted octanol–water partition coefficient (Wildman–Crippen LogP) is 3.29. The van der Waals surface area contributed by atoms with Crippen molar-refractivity contribution in [3.63, 3.8) is 0 Å². The molecule has 0 aliphatic rings. The lowest BCUT2D eigenvalue weighted by atomic mass is 9.97. The number of hydrogen-bond donors (Lipinski definition) is 2. The van der Waals surface area contributed by atoms with Crippen molar-refractivity contribution in [3.8, 4) is 0 Å². The zero-order valence-electron chi connectivity index (χ0n) is 10.8. The van der Waals surface area contributed by atoms with Crippen molar-refractivity contribution in [1.29, 1.82) is 0 Å². The number of carbonyl (C=O) groups is 1. The maximum absolute atomic E-state index is 11.1. The average molecular weight is 314 g/mol. The van der Waals surface area contributed by atoms with E-state index in [2.05, 4.69) is 21.2 Å². The molecule has 100 valence electrons. The van der Waals surface area contributed by atoms with Gasteiger partial charge in [-0.1, -0.05) is 41.9 Å². The molecular formula is C14H20BrNO2. The van der Waals surface area contributed by atoms with Gasteiger partial charge in [-0.05, 0) is 30.0 Å². The summed E-state index contributed by atoms with van der Waals surface area (Å²) in [5, 5.41) is 12.3. The summed E-state index contributed by atoms with van der Waals surface area (Å²) in [7, 11) is 0. The smallest absolute Gasteiger partial charge is 0.307 e. The Kier molecular flexibility index (Phi) is 6.36. The molecule has 0 radical (unpaired) electrons. The zero-order chi connectivity index (χ0) is 13.5. The van der Waals surface area contributed by atoms with E-state index in [0.29, 0.717) is 25.4 Å². The summed E-state index contributed by atoms with van der Waals surface area (Å²) in [5.74, 6) is -0.618. The molecule has 2 N–H and O–H groups in total. The van der Waals surface area contributed by atoms with Gasteiger partial charge in [-0.25, -0.2) is 0 Å². The van der Waals surface area contributed by atoms with E-state index in [4.69, 9.17) is 5.11 Å². The van der Waals surface area contributed by atoms with E-state index in [-0.39, 0.29) is 5.92 Å². The van der Waals surface area contributed by atoms with Crippen LogP contribution in [0.3, 0.4) is 0 Å². The van der Waals surface area contributed by atoms with Crippen molar-refractivity contribution in [2.24, 2.45) is 11.8 Å². The Morgan fingerprint density at radius 1 is 1.33 bits per heavy atom. The van der Waals surface area contributed by atoms with Crippen LogP contribution < -0.4 is 5.32 Å². The lowest BCUT2D eigenvalue weighted by Crippen LogP contribution is -2.29. The van der Waals surface area contributed by atoms with Gasteiger partial charge in [-0.2, -0.15) is 0 Å². The van der Waals surface area contributed by atoms with Crippen LogP contribution in [0.2, 0.25) is 0 Å². The number of aliphatic carboxylic acids is 1. The van der Waals surface area contributed by atoms with Crippen LogP contribution in [0, 0.1) is 11.8 Å². The summed E-state index contributed by atoms with van der Waals surface area (Å²) in [6.07, 6.45) is 0.711. The quantitative estimate of drug-likeness (QED) is 0.812. The predicted molar refractivity (Wildman–Crippen MR) is 76.4 cm³/mol.